The Bertz CT molecular complexity index is 1310. The third-order valence-corrected chi connectivity index (χ3v) is 8.03. The number of carbonyl (C=O) groups is 2. The maximum absolute atomic E-state index is 12.1. The van der Waals surface area contributed by atoms with Crippen molar-refractivity contribution in [3.05, 3.63) is 84.4 Å². The number of amides is 2. The van der Waals surface area contributed by atoms with Crippen LogP contribution in [0.1, 0.15) is 86.2 Å². The van der Waals surface area contributed by atoms with Gasteiger partial charge in [0.2, 0.25) is 0 Å². The second-order valence-corrected chi connectivity index (χ2v) is 11.4. The van der Waals surface area contributed by atoms with Crippen LogP contribution in [-0.4, -0.2) is 53.9 Å². The Morgan fingerprint density at radius 3 is 1.40 bits per heavy atom. The van der Waals surface area contributed by atoms with Crippen molar-refractivity contribution in [3.8, 4) is 11.4 Å². The summed E-state index contributed by atoms with van der Waals surface area (Å²) in [6.45, 7) is 4.40. The van der Waals surface area contributed by atoms with E-state index in [1.165, 1.54) is 25.7 Å². The molecule has 0 atom stereocenters. The molecule has 0 bridgehead atoms. The highest BCUT2D eigenvalue weighted by Crippen LogP contribution is 2.32. The van der Waals surface area contributed by atoms with Crippen molar-refractivity contribution in [2.45, 2.75) is 77.3 Å². The maximum atomic E-state index is 12.1. The van der Waals surface area contributed by atoms with Gasteiger partial charge in [0, 0.05) is 12.1 Å². The lowest BCUT2D eigenvalue weighted by atomic mass is 9.77. The highest BCUT2D eigenvalue weighted by molar-refractivity contribution is 5.92. The first-order valence-corrected chi connectivity index (χ1v) is 15.1. The lowest BCUT2D eigenvalue weighted by molar-refractivity contribution is 0.0871. The fourth-order valence-corrected chi connectivity index (χ4v) is 5.66. The molecular weight excluding hydrogens is 528 g/mol. The zero-order valence-corrected chi connectivity index (χ0v) is 24.4. The van der Waals surface area contributed by atoms with Gasteiger partial charge in [-0.1, -0.05) is 86.4 Å². The lowest BCUT2D eigenvalue weighted by Gasteiger charge is -2.35. The first-order valence-electron chi connectivity index (χ1n) is 15.1. The molecule has 0 radical (unpaired) electrons. The van der Waals surface area contributed by atoms with Crippen LogP contribution in [0.25, 0.3) is 11.4 Å². The first-order chi connectivity index (χ1) is 20.5. The Morgan fingerprint density at radius 1 is 0.667 bits per heavy atom. The van der Waals surface area contributed by atoms with Crippen LogP contribution in [-0.2, 0) is 0 Å². The van der Waals surface area contributed by atoms with E-state index in [0.29, 0.717) is 23.5 Å². The van der Waals surface area contributed by atoms with Gasteiger partial charge in [0.05, 0.1) is 23.8 Å². The minimum absolute atomic E-state index is 0.128. The molecule has 2 aromatic heterocycles. The first kappa shape index (κ1) is 29.2. The Hall–Kier alpha value is -4.34. The normalized spacial score (nSPS) is 20.8. The fraction of sp³-hybridized carbons (Fsp3) is 0.438. The summed E-state index contributed by atoms with van der Waals surface area (Å²) in [5.74, 6) is 1.30. The molecule has 2 amide bonds. The number of aromatic nitrogens is 6. The molecule has 10 heteroatoms. The van der Waals surface area contributed by atoms with E-state index in [1.54, 1.807) is 21.8 Å². The lowest BCUT2D eigenvalue weighted by Crippen LogP contribution is -2.44. The number of hydrogen-bond acceptors (Lipinski definition) is 6. The number of para-hydroxylation sites is 2. The molecule has 0 unspecified atom stereocenters. The highest BCUT2D eigenvalue weighted by Gasteiger charge is 2.31. The van der Waals surface area contributed by atoms with Crippen molar-refractivity contribution in [2.75, 3.05) is 0 Å². The van der Waals surface area contributed by atoms with Gasteiger partial charge in [-0.3, -0.25) is 9.59 Å². The van der Waals surface area contributed by atoms with E-state index in [0.717, 1.165) is 48.9 Å². The average molecular weight is 569 g/mol. The van der Waals surface area contributed by atoms with Crippen molar-refractivity contribution < 1.29 is 9.59 Å². The molecule has 6 rings (SSSR count). The monoisotopic (exact) mass is 568 g/mol. The molecule has 2 saturated carbocycles. The molecule has 0 aliphatic heterocycles. The molecule has 2 aromatic carbocycles. The predicted octanol–water partition coefficient (Wildman–Crippen LogP) is 5.15. The van der Waals surface area contributed by atoms with E-state index in [4.69, 9.17) is 0 Å². The summed E-state index contributed by atoms with van der Waals surface area (Å²) in [7, 11) is 0. The summed E-state index contributed by atoms with van der Waals surface area (Å²) in [4.78, 5) is 24.3. The average Bonchev–Trinajstić information content (AvgIpc) is 3.67. The number of nitrogens with zero attached hydrogens (tertiary/aromatic N) is 6. The largest absolute Gasteiger partial charge is 0.348 e. The fourth-order valence-electron chi connectivity index (χ4n) is 5.66. The minimum atomic E-state index is -0.128. The van der Waals surface area contributed by atoms with E-state index in [9.17, 15) is 9.59 Å². The van der Waals surface area contributed by atoms with Gasteiger partial charge in [-0.25, -0.2) is 9.36 Å². The van der Waals surface area contributed by atoms with Crippen LogP contribution >= 0.6 is 0 Å². The molecule has 2 aliphatic rings. The number of hydrogen-bond donors (Lipinski definition) is 2. The third-order valence-electron chi connectivity index (χ3n) is 8.03. The Kier molecular flexibility index (Phi) is 9.74. The van der Waals surface area contributed by atoms with E-state index in [2.05, 4.69) is 45.1 Å². The van der Waals surface area contributed by atoms with Crippen molar-refractivity contribution >= 4 is 11.8 Å². The van der Waals surface area contributed by atoms with Gasteiger partial charge in [0.25, 0.3) is 11.8 Å². The van der Waals surface area contributed by atoms with Crippen molar-refractivity contribution in [2.24, 2.45) is 11.8 Å². The van der Waals surface area contributed by atoms with Crippen LogP contribution in [0.2, 0.25) is 0 Å². The van der Waals surface area contributed by atoms with E-state index in [-0.39, 0.29) is 11.8 Å². The predicted molar refractivity (Wildman–Crippen MR) is 160 cm³/mol. The van der Waals surface area contributed by atoms with Gasteiger partial charge >= 0.3 is 0 Å². The SMILES string of the molecule is CCCC1CC(NC(=O)c2cn(-c3ccccc3)nn2)C1.CCCC1CC(NC(=O)c2cn(-c3ccccc3)nn2)C1. The van der Waals surface area contributed by atoms with Gasteiger partial charge < -0.3 is 10.6 Å². The summed E-state index contributed by atoms with van der Waals surface area (Å²) in [6, 6.07) is 19.9. The summed E-state index contributed by atoms with van der Waals surface area (Å²) < 4.78 is 3.24. The zero-order chi connectivity index (χ0) is 29.3. The van der Waals surface area contributed by atoms with Crippen LogP contribution in [0, 0.1) is 11.8 Å². The summed E-state index contributed by atoms with van der Waals surface area (Å²) in [6.07, 6.45) is 12.7. The molecule has 0 saturated heterocycles. The topological polar surface area (TPSA) is 120 Å². The summed E-state index contributed by atoms with van der Waals surface area (Å²) in [5.41, 5.74) is 2.54. The number of benzene rings is 2. The van der Waals surface area contributed by atoms with Crippen molar-refractivity contribution in [3.63, 3.8) is 0 Å². The van der Waals surface area contributed by atoms with Crippen LogP contribution < -0.4 is 10.6 Å². The molecule has 2 N–H and O–H groups in total. The van der Waals surface area contributed by atoms with Gasteiger partial charge in [0.15, 0.2) is 11.4 Å². The van der Waals surface area contributed by atoms with E-state index in [1.807, 2.05) is 60.7 Å². The smallest absolute Gasteiger partial charge is 0.273 e. The molecule has 220 valence electrons. The molecular formula is C32H40N8O2. The molecule has 10 nitrogen and oxygen atoms in total. The third kappa shape index (κ3) is 7.48. The summed E-state index contributed by atoms with van der Waals surface area (Å²) >= 11 is 0. The molecule has 4 aromatic rings. The van der Waals surface area contributed by atoms with Crippen molar-refractivity contribution in [1.29, 1.82) is 0 Å². The number of nitrogens with one attached hydrogen (secondary N) is 2. The second-order valence-electron chi connectivity index (χ2n) is 11.4. The van der Waals surface area contributed by atoms with Gasteiger partial charge in [0.1, 0.15) is 0 Å². The number of rotatable bonds is 10. The molecule has 42 heavy (non-hydrogen) atoms. The zero-order valence-electron chi connectivity index (χ0n) is 24.4. The van der Waals surface area contributed by atoms with Crippen LogP contribution in [0.5, 0.6) is 0 Å². The van der Waals surface area contributed by atoms with E-state index >= 15 is 0 Å². The van der Waals surface area contributed by atoms with Crippen LogP contribution in [0.15, 0.2) is 73.1 Å². The second kappa shape index (κ2) is 14.0. The molecule has 2 fully saturated rings. The van der Waals surface area contributed by atoms with Crippen molar-refractivity contribution in [1.82, 2.24) is 40.6 Å². The van der Waals surface area contributed by atoms with Gasteiger partial charge in [-0.15, -0.1) is 10.2 Å². The van der Waals surface area contributed by atoms with Gasteiger partial charge in [-0.2, -0.15) is 0 Å². The maximum Gasteiger partial charge on any atom is 0.273 e. The standard InChI is InChI=1S/2C16H20N4O/c2*1-2-6-12-9-13(10-12)17-16(21)15-11-20(19-18-15)14-7-4-3-5-8-14/h2*3-5,7-8,11-13H,2,6,9-10H2,1H3,(H,17,21). The summed E-state index contributed by atoms with van der Waals surface area (Å²) in [5, 5.41) is 22.0. The molecule has 2 aliphatic carbocycles. The van der Waals surface area contributed by atoms with Gasteiger partial charge in [-0.05, 0) is 61.8 Å². The molecule has 2 heterocycles. The Morgan fingerprint density at radius 2 is 1.05 bits per heavy atom. The Balaban J connectivity index is 0.000000168. The highest BCUT2D eigenvalue weighted by atomic mass is 16.2. The molecule has 0 spiro atoms. The van der Waals surface area contributed by atoms with Crippen LogP contribution in [0.4, 0.5) is 0 Å². The number of carbonyl (C=O) groups excluding carboxylic acids is 2. The quantitative estimate of drug-likeness (QED) is 0.273. The Labute approximate surface area is 246 Å². The van der Waals surface area contributed by atoms with E-state index < -0.39 is 0 Å². The minimum Gasteiger partial charge on any atom is -0.348 e. The van der Waals surface area contributed by atoms with Crippen LogP contribution in [0.3, 0.4) is 0 Å².